The van der Waals surface area contributed by atoms with Crippen molar-refractivity contribution in [3.8, 4) is 0 Å². The SMILES string of the molecule is CCO/N=C(\C(=O)N[C@@H]1C(=O)N2C(C(=O)[O-])=C(CSC3=CC(N)=[NH+]C(N)N3CC)CS[C@H]12)c1nsc(N)n1. The van der Waals surface area contributed by atoms with Crippen LogP contribution in [0, 0.1) is 0 Å². The highest BCUT2D eigenvalue weighted by Crippen LogP contribution is 2.41. The van der Waals surface area contributed by atoms with Gasteiger partial charge in [0.2, 0.25) is 17.8 Å². The predicted molar refractivity (Wildman–Crippen MR) is 141 cm³/mol. The first-order valence-electron chi connectivity index (χ1n) is 11.4. The van der Waals surface area contributed by atoms with Crippen molar-refractivity contribution in [3.05, 3.63) is 28.2 Å². The van der Waals surface area contributed by atoms with Gasteiger partial charge in [0.05, 0.1) is 22.8 Å². The molecule has 1 fully saturated rings. The Labute approximate surface area is 229 Å². The molecule has 15 nitrogen and oxygen atoms in total. The van der Waals surface area contributed by atoms with E-state index >= 15 is 0 Å². The maximum atomic E-state index is 13.0. The second kappa shape index (κ2) is 11.6. The normalized spacial score (nSPS) is 23.4. The van der Waals surface area contributed by atoms with Gasteiger partial charge in [-0.05, 0) is 19.4 Å². The van der Waals surface area contributed by atoms with Crippen LogP contribution in [-0.4, -0.2) is 90.9 Å². The van der Waals surface area contributed by atoms with Gasteiger partial charge >= 0.3 is 0 Å². The fourth-order valence-corrected chi connectivity index (χ4v) is 7.01. The van der Waals surface area contributed by atoms with Gasteiger partial charge in [0, 0.05) is 29.6 Å². The average Bonchev–Trinajstić information content (AvgIpc) is 3.30. The van der Waals surface area contributed by atoms with Gasteiger partial charge < -0.3 is 30.7 Å². The van der Waals surface area contributed by atoms with Gasteiger partial charge in [0.15, 0.2) is 5.13 Å². The number of aromatic nitrogens is 2. The molecule has 8 N–H and O–H groups in total. The molecule has 1 aromatic rings. The molecule has 1 unspecified atom stereocenters. The van der Waals surface area contributed by atoms with E-state index in [-0.39, 0.29) is 34.7 Å². The topological polar surface area (TPSA) is 232 Å². The summed E-state index contributed by atoms with van der Waals surface area (Å²) in [6, 6.07) is -0.992. The van der Waals surface area contributed by atoms with Gasteiger partial charge in [-0.2, -0.15) is 9.36 Å². The van der Waals surface area contributed by atoms with Crippen LogP contribution in [0.15, 0.2) is 27.5 Å². The second-order valence-electron chi connectivity index (χ2n) is 8.02. The number of thioether (sulfide) groups is 2. The highest BCUT2D eigenvalue weighted by molar-refractivity contribution is 8.03. The molecule has 2 amide bonds. The first-order chi connectivity index (χ1) is 18.2. The van der Waals surface area contributed by atoms with Gasteiger partial charge in [-0.25, -0.2) is 4.99 Å². The summed E-state index contributed by atoms with van der Waals surface area (Å²) in [5.41, 5.74) is 17.7. The van der Waals surface area contributed by atoms with E-state index in [1.807, 2.05) is 11.8 Å². The van der Waals surface area contributed by atoms with Crippen molar-refractivity contribution in [2.45, 2.75) is 31.6 Å². The molecule has 4 heterocycles. The van der Waals surface area contributed by atoms with Crippen molar-refractivity contribution in [3.63, 3.8) is 0 Å². The summed E-state index contributed by atoms with van der Waals surface area (Å²) in [5.74, 6) is -1.87. The molecule has 4 rings (SSSR count). The summed E-state index contributed by atoms with van der Waals surface area (Å²) in [6.07, 6.45) is 1.21. The van der Waals surface area contributed by atoms with Crippen LogP contribution in [0.1, 0.15) is 19.7 Å². The molecule has 18 heteroatoms. The Kier molecular flexibility index (Phi) is 8.44. The Morgan fingerprint density at radius 2 is 2.16 bits per heavy atom. The maximum Gasteiger partial charge on any atom is 0.278 e. The van der Waals surface area contributed by atoms with Crippen LogP contribution in [0.25, 0.3) is 0 Å². The lowest BCUT2D eigenvalue weighted by atomic mass is 10.0. The van der Waals surface area contributed by atoms with Crippen LogP contribution in [0.2, 0.25) is 0 Å². The van der Waals surface area contributed by atoms with Crippen molar-refractivity contribution in [1.29, 1.82) is 0 Å². The number of fused-ring (bicyclic) bond motifs is 1. The van der Waals surface area contributed by atoms with Gasteiger partial charge in [0.1, 0.15) is 18.0 Å². The minimum Gasteiger partial charge on any atom is -0.543 e. The van der Waals surface area contributed by atoms with E-state index in [0.29, 0.717) is 23.7 Å². The highest BCUT2D eigenvalue weighted by Gasteiger charge is 2.53. The van der Waals surface area contributed by atoms with Crippen LogP contribution >= 0.6 is 35.1 Å². The number of nitrogens with two attached hydrogens (primary N) is 3. The Morgan fingerprint density at radius 1 is 1.39 bits per heavy atom. The number of nitrogens with one attached hydrogen (secondary N) is 2. The molecule has 0 aliphatic carbocycles. The van der Waals surface area contributed by atoms with E-state index in [2.05, 4.69) is 24.8 Å². The van der Waals surface area contributed by atoms with Crippen molar-refractivity contribution in [2.24, 2.45) is 16.6 Å². The van der Waals surface area contributed by atoms with Gasteiger partial charge in [-0.15, -0.1) is 23.5 Å². The lowest BCUT2D eigenvalue weighted by Gasteiger charge is -2.50. The number of carbonyl (C=O) groups excluding carboxylic acids is 3. The third kappa shape index (κ3) is 5.42. The Hall–Kier alpha value is -3.35. The molecule has 0 radical (unpaired) electrons. The number of nitrogen functional groups attached to an aromatic ring is 1. The number of rotatable bonds is 10. The molecule has 204 valence electrons. The van der Waals surface area contributed by atoms with Crippen LogP contribution in [0.3, 0.4) is 0 Å². The molecule has 0 bridgehead atoms. The smallest absolute Gasteiger partial charge is 0.278 e. The summed E-state index contributed by atoms with van der Waals surface area (Å²) in [4.78, 5) is 53.0. The molecule has 1 saturated heterocycles. The van der Waals surface area contributed by atoms with Crippen LogP contribution < -0.4 is 32.6 Å². The first kappa shape index (κ1) is 27.7. The molecule has 38 heavy (non-hydrogen) atoms. The average molecular weight is 583 g/mol. The fraction of sp³-hybridized carbons (Fsp3) is 0.450. The van der Waals surface area contributed by atoms with Crippen molar-refractivity contribution in [2.75, 3.05) is 30.4 Å². The summed E-state index contributed by atoms with van der Waals surface area (Å²) < 4.78 is 3.98. The Balaban J connectivity index is 1.49. The molecule has 0 aromatic carbocycles. The van der Waals surface area contributed by atoms with E-state index in [0.717, 1.165) is 21.5 Å². The molecular weight excluding hydrogens is 556 g/mol. The molecule has 3 aliphatic heterocycles. The molecule has 3 aliphatic rings. The van der Waals surface area contributed by atoms with E-state index in [4.69, 9.17) is 22.0 Å². The number of hydrogen-bond acceptors (Lipinski definition) is 15. The first-order valence-corrected chi connectivity index (χ1v) is 14.2. The van der Waals surface area contributed by atoms with E-state index < -0.39 is 35.5 Å². The Bertz CT molecular complexity index is 1260. The van der Waals surface area contributed by atoms with Crippen molar-refractivity contribution < 1.29 is 29.3 Å². The lowest BCUT2D eigenvalue weighted by molar-refractivity contribution is -0.531. The maximum absolute atomic E-state index is 13.0. The highest BCUT2D eigenvalue weighted by atomic mass is 32.2. The Morgan fingerprint density at radius 3 is 2.79 bits per heavy atom. The number of carboxylic acids is 1. The number of hydrogen-bond donors (Lipinski definition) is 5. The number of carboxylic acid groups (broad SMARTS) is 1. The molecule has 1 aromatic heterocycles. The number of oxime groups is 1. The summed E-state index contributed by atoms with van der Waals surface area (Å²) >= 11 is 3.56. The minimum absolute atomic E-state index is 0.0426. The van der Waals surface area contributed by atoms with Crippen LogP contribution in [0.5, 0.6) is 0 Å². The molecule has 3 atom stereocenters. The number of β-lactam (4-membered cyclic amide) rings is 1. The molecule has 0 spiro atoms. The quantitative estimate of drug-likeness (QED) is 0.100. The number of anilines is 1. The van der Waals surface area contributed by atoms with Gasteiger partial charge in [0.25, 0.3) is 17.6 Å². The molecular formula is C20H26N10O5S3. The number of amidine groups is 1. The fourth-order valence-electron chi connectivity index (χ4n) is 3.92. The van der Waals surface area contributed by atoms with E-state index in [1.165, 1.54) is 23.5 Å². The molecule has 0 saturated carbocycles. The summed E-state index contributed by atoms with van der Waals surface area (Å²) in [5, 5.41) is 18.7. The van der Waals surface area contributed by atoms with Crippen LogP contribution in [0.4, 0.5) is 5.13 Å². The van der Waals surface area contributed by atoms with E-state index in [1.54, 1.807) is 13.0 Å². The van der Waals surface area contributed by atoms with Crippen LogP contribution in [-0.2, 0) is 19.2 Å². The number of aliphatic carboxylic acids is 1. The van der Waals surface area contributed by atoms with Gasteiger partial charge in [-0.3, -0.25) is 26.0 Å². The van der Waals surface area contributed by atoms with E-state index in [9.17, 15) is 19.5 Å². The number of nitrogens with zero attached hydrogens (tertiary/aromatic N) is 5. The number of amides is 2. The third-order valence-corrected chi connectivity index (χ3v) is 8.65. The van der Waals surface area contributed by atoms with Crippen molar-refractivity contribution in [1.82, 2.24) is 24.5 Å². The number of carbonyl (C=O) groups is 3. The summed E-state index contributed by atoms with van der Waals surface area (Å²) in [6.45, 7) is 4.40. The zero-order valence-corrected chi connectivity index (χ0v) is 22.8. The van der Waals surface area contributed by atoms with Crippen molar-refractivity contribution >= 4 is 69.5 Å². The lowest BCUT2D eigenvalue weighted by Crippen LogP contribution is -2.89. The summed E-state index contributed by atoms with van der Waals surface area (Å²) in [7, 11) is 0. The monoisotopic (exact) mass is 582 g/mol. The predicted octanol–water partition coefficient (Wildman–Crippen LogP) is -4.14. The minimum atomic E-state index is -1.47. The largest absolute Gasteiger partial charge is 0.543 e. The third-order valence-electron chi connectivity index (χ3n) is 5.63. The standard InChI is InChI=1S/C20H26N10O5S3/c1-3-29-10(5-9(21)24-19(29)22)36-6-8-7-37-17-12(16(32)30(17)13(8)18(33)34)25-15(31)11(27-35-4-2)14-26-20(23)38-28-14/h5,12,17,19H,3-4,6-7,22H2,1-2H3,(H2,21,24)(H,25,31)(H,33,34)(H2,23,26,28)/b27-11-/t12-,17-,19?/m1/s1. The zero-order chi connectivity index (χ0) is 27.6. The second-order valence-corrected chi connectivity index (χ2v) is 10.9. The zero-order valence-electron chi connectivity index (χ0n) is 20.4. The van der Waals surface area contributed by atoms with Gasteiger partial charge in [-0.1, -0.05) is 5.16 Å².